The number of ether oxygens (including phenoxy) is 2. The van der Waals surface area contributed by atoms with Gasteiger partial charge in [-0.15, -0.1) is 0 Å². The maximum atomic E-state index is 11.0. The third-order valence-corrected chi connectivity index (χ3v) is 4.93. The van der Waals surface area contributed by atoms with E-state index in [-0.39, 0.29) is 6.61 Å². The predicted molar refractivity (Wildman–Crippen MR) is 92.1 cm³/mol. The second-order valence-corrected chi connectivity index (χ2v) is 6.66. The maximum Gasteiger partial charge on any atom is 0.343 e. The Morgan fingerprint density at radius 1 is 1.54 bits per heavy atom. The molecule has 0 spiro atoms. The summed E-state index contributed by atoms with van der Waals surface area (Å²) in [6, 6.07) is 7.85. The Balaban J connectivity index is 1.66. The first-order valence-corrected chi connectivity index (χ1v) is 8.43. The molecule has 7 nitrogen and oxygen atoms in total. The maximum absolute atomic E-state index is 11.0. The number of H-pyrrole nitrogens is 1. The van der Waals surface area contributed by atoms with Crippen LogP contribution in [-0.4, -0.2) is 29.7 Å². The van der Waals surface area contributed by atoms with Crippen molar-refractivity contribution < 1.29 is 14.3 Å². The number of rotatable bonds is 6. The van der Waals surface area contributed by atoms with Crippen molar-refractivity contribution in [1.82, 2.24) is 9.97 Å². The summed E-state index contributed by atoms with van der Waals surface area (Å²) in [6.45, 7) is -0.166. The molecule has 0 saturated heterocycles. The van der Waals surface area contributed by atoms with Crippen LogP contribution in [0.3, 0.4) is 0 Å². The first-order chi connectivity index (χ1) is 11.7. The molecule has 0 aliphatic heterocycles. The van der Waals surface area contributed by atoms with Gasteiger partial charge >= 0.3 is 5.97 Å². The van der Waals surface area contributed by atoms with E-state index in [1.54, 1.807) is 12.4 Å². The Bertz CT molecular complexity index is 913. The van der Waals surface area contributed by atoms with Gasteiger partial charge in [-0.25, -0.2) is 9.78 Å². The Hall–Kier alpha value is -2.70. The molecule has 24 heavy (non-hydrogen) atoms. The van der Waals surface area contributed by atoms with Crippen LogP contribution in [0.2, 0.25) is 0 Å². The van der Waals surface area contributed by atoms with Crippen LogP contribution in [-0.2, 0) is 9.53 Å². The first kappa shape index (κ1) is 16.2. The normalized spacial score (nSPS) is 10.3. The van der Waals surface area contributed by atoms with Crippen molar-refractivity contribution in [2.75, 3.05) is 18.4 Å². The number of carbonyl (C=O) groups is 1. The largest absolute Gasteiger partial charge is 0.466 e. The number of carbonyl (C=O) groups excluding carboxylic acids is 1. The monoisotopic (exact) mass is 360 g/mol. The predicted octanol–water partition coefficient (Wildman–Crippen LogP) is 3.17. The summed E-state index contributed by atoms with van der Waals surface area (Å²) >= 11 is 2.69. The van der Waals surface area contributed by atoms with Gasteiger partial charge in [0.15, 0.2) is 6.61 Å². The number of thiazole rings is 1. The molecule has 0 saturated carbocycles. The van der Waals surface area contributed by atoms with Crippen LogP contribution >= 0.6 is 23.3 Å². The van der Waals surface area contributed by atoms with Crippen molar-refractivity contribution in [1.29, 1.82) is 5.26 Å². The molecule has 1 aromatic carbocycles. The molecule has 2 heterocycles. The molecule has 0 bridgehead atoms. The van der Waals surface area contributed by atoms with E-state index < -0.39 is 5.97 Å². The number of nitrogens with zero attached hydrogens (tertiary/aromatic N) is 2. The van der Waals surface area contributed by atoms with Gasteiger partial charge in [0.2, 0.25) is 0 Å². The number of nitrogens with one attached hydrogen (secondary N) is 2. The lowest BCUT2D eigenvalue weighted by atomic mass is 10.2. The number of nitriles is 1. The zero-order valence-electron chi connectivity index (χ0n) is 12.5. The third-order valence-electron chi connectivity index (χ3n) is 3.10. The van der Waals surface area contributed by atoms with Crippen LogP contribution in [0.25, 0.3) is 10.9 Å². The van der Waals surface area contributed by atoms with E-state index in [0.717, 1.165) is 20.8 Å². The van der Waals surface area contributed by atoms with Crippen molar-refractivity contribution in [3.8, 4) is 11.3 Å². The van der Waals surface area contributed by atoms with Crippen molar-refractivity contribution in [3.63, 3.8) is 0 Å². The average molecular weight is 360 g/mol. The average Bonchev–Trinajstić information content (AvgIpc) is 3.24. The van der Waals surface area contributed by atoms with Gasteiger partial charge in [0.1, 0.15) is 10.3 Å². The van der Waals surface area contributed by atoms with E-state index in [4.69, 9.17) is 10.00 Å². The summed E-state index contributed by atoms with van der Waals surface area (Å²) in [7, 11) is 1.30. The van der Waals surface area contributed by atoms with Crippen LogP contribution < -0.4 is 9.46 Å². The highest BCUT2D eigenvalue weighted by Crippen LogP contribution is 2.33. The van der Waals surface area contributed by atoms with Gasteiger partial charge in [-0.05, 0) is 18.0 Å². The zero-order valence-corrected chi connectivity index (χ0v) is 14.2. The molecule has 0 aliphatic rings. The lowest BCUT2D eigenvalue weighted by Crippen LogP contribution is -2.12. The summed E-state index contributed by atoms with van der Waals surface area (Å²) in [5.41, 5.74) is 2.34. The molecule has 0 aliphatic carbocycles. The Morgan fingerprint density at radius 2 is 2.42 bits per heavy atom. The second-order valence-electron chi connectivity index (χ2n) is 4.56. The standard InChI is InChI=1S/C15H12N4O3S2/c1-21-12(20)8-22-15-18-7-13(23-15)24-19-11-4-2-3-10-9(5-16)6-17-14(10)11/h2-4,6-7,17,19H,8H2,1H3. The van der Waals surface area contributed by atoms with Gasteiger partial charge in [0, 0.05) is 11.6 Å². The number of para-hydroxylation sites is 1. The number of aromatic amines is 1. The Morgan fingerprint density at radius 3 is 3.21 bits per heavy atom. The summed E-state index contributed by atoms with van der Waals surface area (Å²) < 4.78 is 13.8. The van der Waals surface area contributed by atoms with Gasteiger partial charge in [0.25, 0.3) is 5.19 Å². The smallest absolute Gasteiger partial charge is 0.343 e. The SMILES string of the molecule is COC(=O)COc1ncc(SNc2cccc3c(C#N)c[nH]c23)s1. The number of anilines is 1. The minimum absolute atomic E-state index is 0.166. The second kappa shape index (κ2) is 7.25. The highest BCUT2D eigenvalue weighted by atomic mass is 32.2. The fourth-order valence-corrected chi connectivity index (χ4v) is 3.47. The summed E-state index contributed by atoms with van der Waals surface area (Å²) in [5.74, 6) is -0.454. The first-order valence-electron chi connectivity index (χ1n) is 6.79. The fraction of sp³-hybridized carbons (Fsp3) is 0.133. The topological polar surface area (TPSA) is 100 Å². The molecule has 3 aromatic rings. The highest BCUT2D eigenvalue weighted by molar-refractivity contribution is 8.02. The molecule has 122 valence electrons. The lowest BCUT2D eigenvalue weighted by molar-refractivity contribution is -0.142. The molecular formula is C15H12N4O3S2. The van der Waals surface area contributed by atoms with Gasteiger partial charge < -0.3 is 19.2 Å². The molecule has 0 fully saturated rings. The van der Waals surface area contributed by atoms with E-state index >= 15 is 0 Å². The summed E-state index contributed by atoms with van der Waals surface area (Å²) in [6.07, 6.45) is 3.34. The van der Waals surface area contributed by atoms with Gasteiger partial charge in [-0.1, -0.05) is 23.5 Å². The minimum Gasteiger partial charge on any atom is -0.466 e. The third kappa shape index (κ3) is 3.45. The van der Waals surface area contributed by atoms with E-state index in [2.05, 4.69) is 25.5 Å². The van der Waals surface area contributed by atoms with Crippen LogP contribution in [0.15, 0.2) is 34.8 Å². The summed E-state index contributed by atoms with van der Waals surface area (Å²) in [5, 5.41) is 10.4. The molecular weight excluding hydrogens is 348 g/mol. The number of esters is 1. The fourth-order valence-electron chi connectivity index (χ4n) is 1.97. The molecule has 0 amide bonds. The summed E-state index contributed by atoms with van der Waals surface area (Å²) in [4.78, 5) is 18.2. The number of benzene rings is 1. The van der Waals surface area contributed by atoms with E-state index in [1.165, 1.54) is 30.4 Å². The van der Waals surface area contributed by atoms with Crippen molar-refractivity contribution >= 4 is 45.8 Å². The molecule has 3 rings (SSSR count). The van der Waals surface area contributed by atoms with Gasteiger partial charge in [-0.2, -0.15) is 5.26 Å². The van der Waals surface area contributed by atoms with E-state index in [0.29, 0.717) is 10.8 Å². The van der Waals surface area contributed by atoms with Crippen LogP contribution in [0.1, 0.15) is 5.56 Å². The van der Waals surface area contributed by atoms with Crippen LogP contribution in [0.4, 0.5) is 5.69 Å². The molecule has 9 heteroatoms. The lowest BCUT2D eigenvalue weighted by Gasteiger charge is -2.04. The van der Waals surface area contributed by atoms with E-state index in [1.807, 2.05) is 18.2 Å². The zero-order chi connectivity index (χ0) is 16.9. The molecule has 0 radical (unpaired) electrons. The molecule has 0 atom stereocenters. The van der Waals surface area contributed by atoms with E-state index in [9.17, 15) is 4.79 Å². The van der Waals surface area contributed by atoms with Crippen molar-refractivity contribution in [2.24, 2.45) is 0 Å². The number of fused-ring (bicyclic) bond motifs is 1. The minimum atomic E-state index is -0.454. The highest BCUT2D eigenvalue weighted by Gasteiger charge is 2.10. The van der Waals surface area contributed by atoms with Crippen LogP contribution in [0, 0.1) is 11.3 Å². The number of hydrogen-bond donors (Lipinski definition) is 2. The Kier molecular flexibility index (Phi) is 4.88. The number of methoxy groups -OCH3 is 1. The van der Waals surface area contributed by atoms with Crippen molar-refractivity contribution in [2.45, 2.75) is 4.21 Å². The van der Waals surface area contributed by atoms with Crippen LogP contribution in [0.5, 0.6) is 5.19 Å². The number of hydrogen-bond acceptors (Lipinski definition) is 8. The quantitative estimate of drug-likeness (QED) is 0.514. The van der Waals surface area contributed by atoms with Gasteiger partial charge in [-0.3, -0.25) is 0 Å². The molecule has 2 aromatic heterocycles. The van der Waals surface area contributed by atoms with Crippen molar-refractivity contribution in [3.05, 3.63) is 36.2 Å². The molecule has 0 unspecified atom stereocenters. The van der Waals surface area contributed by atoms with Gasteiger partial charge in [0.05, 0.1) is 30.1 Å². The molecule has 2 N–H and O–H groups in total. The Labute approximate surface area is 145 Å². The number of aromatic nitrogens is 2.